The van der Waals surface area contributed by atoms with Crippen LogP contribution in [-0.2, 0) is 4.79 Å². The van der Waals surface area contributed by atoms with E-state index in [1.165, 1.54) is 30.4 Å². The van der Waals surface area contributed by atoms with Gasteiger partial charge in [0.05, 0.1) is 0 Å². The van der Waals surface area contributed by atoms with Gasteiger partial charge >= 0.3 is 0 Å². The van der Waals surface area contributed by atoms with Crippen LogP contribution in [0, 0.1) is 0 Å². The highest BCUT2D eigenvalue weighted by molar-refractivity contribution is 5.85. The fraction of sp³-hybridized carbons (Fsp3) is 0.480. The first kappa shape index (κ1) is 20.4. The van der Waals surface area contributed by atoms with Crippen molar-refractivity contribution in [3.8, 4) is 0 Å². The number of halogens is 1. The molecule has 3 nitrogen and oxygen atoms in total. The van der Waals surface area contributed by atoms with E-state index in [4.69, 9.17) is 0 Å². The Balaban J connectivity index is 0.00000205. The zero-order valence-electron chi connectivity index (χ0n) is 16.9. The van der Waals surface area contributed by atoms with Crippen molar-refractivity contribution in [3.05, 3.63) is 71.8 Å². The smallest absolute Gasteiger partial charge is 0.222 e. The molecule has 2 aromatic carbocycles. The number of hydrogen-bond acceptors (Lipinski definition) is 2. The number of carbonyl (C=O) groups is 1. The van der Waals surface area contributed by atoms with Crippen LogP contribution in [-0.4, -0.2) is 35.5 Å². The van der Waals surface area contributed by atoms with Crippen LogP contribution in [0.25, 0.3) is 0 Å². The number of benzene rings is 2. The van der Waals surface area contributed by atoms with Crippen LogP contribution in [0.3, 0.4) is 0 Å². The lowest BCUT2D eigenvalue weighted by atomic mass is 9.63. The van der Waals surface area contributed by atoms with Crippen molar-refractivity contribution in [2.75, 3.05) is 13.1 Å². The molecule has 3 saturated heterocycles. The maximum atomic E-state index is 13.0. The Bertz CT molecular complexity index is 770. The van der Waals surface area contributed by atoms with Crippen molar-refractivity contribution >= 4 is 18.3 Å². The molecule has 4 heteroatoms. The summed E-state index contributed by atoms with van der Waals surface area (Å²) in [5.74, 6) is 0.981. The van der Waals surface area contributed by atoms with E-state index in [1.54, 1.807) is 0 Å². The maximum absolute atomic E-state index is 13.0. The van der Waals surface area contributed by atoms with Gasteiger partial charge < -0.3 is 5.32 Å². The number of likely N-dealkylation sites (tertiary alicyclic amines) is 1. The molecular weight excluding hydrogens is 380 g/mol. The second kappa shape index (κ2) is 8.49. The van der Waals surface area contributed by atoms with Gasteiger partial charge in [-0.1, -0.05) is 67.1 Å². The van der Waals surface area contributed by atoms with Crippen LogP contribution in [0.2, 0.25) is 0 Å². The van der Waals surface area contributed by atoms with Gasteiger partial charge in [-0.05, 0) is 49.9 Å². The molecule has 2 aromatic rings. The van der Waals surface area contributed by atoms with Gasteiger partial charge in [0.1, 0.15) is 0 Å². The number of nitrogens with zero attached hydrogens (tertiary/aromatic N) is 1. The minimum Gasteiger partial charge on any atom is -0.352 e. The van der Waals surface area contributed by atoms with Crippen LogP contribution in [0.4, 0.5) is 0 Å². The standard InChI is InChI=1S/C25H30N2O.ClH/c28-23-18-25(27-14-8-3-9-15-27)16-21(19-10-4-1-5-11-19)24(26-23)22(17-25)20-12-6-2-7-13-20;/h1-2,4-7,10-13,21-22,24H,3,8-9,14-18H2,(H,26,28);1H. The maximum Gasteiger partial charge on any atom is 0.222 e. The van der Waals surface area contributed by atoms with Gasteiger partial charge in [-0.3, -0.25) is 9.69 Å². The minimum atomic E-state index is -0.0154. The third kappa shape index (κ3) is 3.83. The van der Waals surface area contributed by atoms with E-state index < -0.39 is 0 Å². The number of fused-ring (bicyclic) bond motifs is 4. The minimum absolute atomic E-state index is 0. The van der Waals surface area contributed by atoms with E-state index in [-0.39, 0.29) is 29.9 Å². The van der Waals surface area contributed by atoms with Crippen molar-refractivity contribution in [1.82, 2.24) is 10.2 Å². The Morgan fingerprint density at radius 3 is 1.83 bits per heavy atom. The molecule has 1 N–H and O–H groups in total. The van der Waals surface area contributed by atoms with E-state index in [1.807, 2.05) is 0 Å². The highest BCUT2D eigenvalue weighted by Gasteiger charge is 2.53. The largest absolute Gasteiger partial charge is 0.352 e. The number of amides is 1. The molecule has 29 heavy (non-hydrogen) atoms. The molecular formula is C25H31ClN2O. The lowest BCUT2D eigenvalue weighted by Gasteiger charge is -2.52. The molecule has 2 atom stereocenters. The zero-order valence-corrected chi connectivity index (χ0v) is 17.7. The predicted octanol–water partition coefficient (Wildman–Crippen LogP) is 4.88. The summed E-state index contributed by atoms with van der Waals surface area (Å²) in [6.07, 6.45) is 6.67. The second-order valence-electron chi connectivity index (χ2n) is 8.98. The molecule has 3 heterocycles. The van der Waals surface area contributed by atoms with Gasteiger partial charge in [0.25, 0.3) is 0 Å². The molecule has 6 rings (SSSR count). The lowest BCUT2D eigenvalue weighted by molar-refractivity contribution is -0.123. The summed E-state index contributed by atoms with van der Waals surface area (Å²) in [6, 6.07) is 21.9. The number of carbonyl (C=O) groups excluding carboxylic acids is 1. The lowest BCUT2D eigenvalue weighted by Crippen LogP contribution is -2.56. The number of piperidine rings is 1. The molecule has 3 aliphatic heterocycles. The van der Waals surface area contributed by atoms with Gasteiger partial charge in [0.15, 0.2) is 0 Å². The molecule has 4 fully saturated rings. The van der Waals surface area contributed by atoms with Crippen molar-refractivity contribution in [2.45, 2.75) is 61.9 Å². The highest BCUT2D eigenvalue weighted by Crippen LogP contribution is 2.52. The van der Waals surface area contributed by atoms with Crippen LogP contribution < -0.4 is 5.32 Å². The van der Waals surface area contributed by atoms with E-state index in [0.717, 1.165) is 25.9 Å². The molecule has 0 radical (unpaired) electrons. The summed E-state index contributed by atoms with van der Waals surface area (Å²) in [7, 11) is 0. The topological polar surface area (TPSA) is 32.3 Å². The van der Waals surface area contributed by atoms with E-state index in [2.05, 4.69) is 70.9 Å². The molecule has 0 spiro atoms. The summed E-state index contributed by atoms with van der Waals surface area (Å²) in [5.41, 5.74) is 2.73. The summed E-state index contributed by atoms with van der Waals surface area (Å²) in [4.78, 5) is 15.7. The third-order valence-electron chi connectivity index (χ3n) is 7.37. The molecule has 1 amide bonds. The van der Waals surface area contributed by atoms with Gasteiger partial charge in [-0.2, -0.15) is 0 Å². The third-order valence-corrected chi connectivity index (χ3v) is 7.37. The molecule has 2 bridgehead atoms. The van der Waals surface area contributed by atoms with Crippen molar-refractivity contribution in [3.63, 3.8) is 0 Å². The number of hydrogen-bond donors (Lipinski definition) is 1. The molecule has 154 valence electrons. The average molecular weight is 411 g/mol. The van der Waals surface area contributed by atoms with Crippen molar-refractivity contribution in [1.29, 1.82) is 0 Å². The Morgan fingerprint density at radius 1 is 0.793 bits per heavy atom. The van der Waals surface area contributed by atoms with E-state index in [9.17, 15) is 4.79 Å². The Morgan fingerprint density at radius 2 is 1.31 bits per heavy atom. The van der Waals surface area contributed by atoms with E-state index >= 15 is 0 Å². The molecule has 0 aromatic heterocycles. The van der Waals surface area contributed by atoms with Crippen molar-refractivity contribution in [2.24, 2.45) is 0 Å². The van der Waals surface area contributed by atoms with Crippen LogP contribution in [0.5, 0.6) is 0 Å². The fourth-order valence-corrected chi connectivity index (χ4v) is 6.11. The Labute approximate surface area is 180 Å². The second-order valence-corrected chi connectivity index (χ2v) is 8.98. The monoisotopic (exact) mass is 410 g/mol. The zero-order chi connectivity index (χ0) is 19.0. The Hall–Kier alpha value is -1.84. The van der Waals surface area contributed by atoms with Gasteiger partial charge in [-0.25, -0.2) is 0 Å². The first-order valence-electron chi connectivity index (χ1n) is 10.9. The summed E-state index contributed by atoms with van der Waals surface area (Å²) >= 11 is 0. The summed E-state index contributed by atoms with van der Waals surface area (Å²) < 4.78 is 0. The molecule has 2 unspecified atom stereocenters. The molecule has 1 aliphatic carbocycles. The van der Waals surface area contributed by atoms with Crippen LogP contribution in [0.1, 0.15) is 61.5 Å². The highest BCUT2D eigenvalue weighted by atomic mass is 35.5. The van der Waals surface area contributed by atoms with Gasteiger partial charge in [0, 0.05) is 29.8 Å². The number of nitrogens with one attached hydrogen (secondary N) is 1. The van der Waals surface area contributed by atoms with Crippen LogP contribution >= 0.6 is 12.4 Å². The first-order chi connectivity index (χ1) is 13.8. The number of rotatable bonds is 3. The fourth-order valence-electron chi connectivity index (χ4n) is 6.11. The first-order valence-corrected chi connectivity index (χ1v) is 10.9. The SMILES string of the molecule is Cl.O=C1CC2(N3CCCCC3)CC(c3ccccc3)C(N1)C(c1ccccc1)C2. The summed E-state index contributed by atoms with van der Waals surface area (Å²) in [5, 5.41) is 3.47. The van der Waals surface area contributed by atoms with Gasteiger partial charge in [-0.15, -0.1) is 12.4 Å². The normalized spacial score (nSPS) is 32.1. The summed E-state index contributed by atoms with van der Waals surface area (Å²) in [6.45, 7) is 2.28. The van der Waals surface area contributed by atoms with Gasteiger partial charge in [0.2, 0.25) is 5.91 Å². The quantitative estimate of drug-likeness (QED) is 0.781. The van der Waals surface area contributed by atoms with Crippen molar-refractivity contribution < 1.29 is 4.79 Å². The average Bonchev–Trinajstić information content (AvgIpc) is 3.01. The Kier molecular flexibility index (Phi) is 5.98. The predicted molar refractivity (Wildman–Crippen MR) is 120 cm³/mol. The molecule has 4 aliphatic rings. The molecule has 1 saturated carbocycles. The van der Waals surface area contributed by atoms with Crippen LogP contribution in [0.15, 0.2) is 60.7 Å². The van der Waals surface area contributed by atoms with E-state index in [0.29, 0.717) is 18.3 Å².